The van der Waals surface area contributed by atoms with Crippen LogP contribution in [-0.2, 0) is 0 Å². The van der Waals surface area contributed by atoms with E-state index in [-0.39, 0.29) is 21.1 Å². The second kappa shape index (κ2) is 7.32. The van der Waals surface area contributed by atoms with Gasteiger partial charge >= 0.3 is 105 Å². The molecule has 0 aromatic heterocycles. The monoisotopic (exact) mass is 310 g/mol. The van der Waals surface area contributed by atoms with Gasteiger partial charge in [-0.05, 0) is 0 Å². The molecule has 0 amide bonds. The van der Waals surface area contributed by atoms with Crippen LogP contribution < -0.4 is 3.58 Å². The van der Waals surface area contributed by atoms with Crippen molar-refractivity contribution in [2.45, 2.75) is 50.9 Å². The summed E-state index contributed by atoms with van der Waals surface area (Å²) < 4.78 is 3.24. The van der Waals surface area contributed by atoms with Crippen LogP contribution >= 0.6 is 0 Å². The predicted molar refractivity (Wildman–Crippen MR) is 70.3 cm³/mol. The minimum absolute atomic E-state index is 0.270. The Morgan fingerprint density at radius 2 is 1.87 bits per heavy atom. The van der Waals surface area contributed by atoms with Crippen LogP contribution in [0.5, 0.6) is 0 Å². The molecule has 0 atom stereocenters. The maximum atomic E-state index is 2.42. The molecule has 1 rings (SSSR count). The van der Waals surface area contributed by atoms with E-state index in [9.17, 15) is 0 Å². The van der Waals surface area contributed by atoms with Gasteiger partial charge in [0.25, 0.3) is 0 Å². The molecular weight excluding hydrogens is 287 g/mol. The van der Waals surface area contributed by atoms with Gasteiger partial charge in [-0.3, -0.25) is 0 Å². The van der Waals surface area contributed by atoms with Crippen LogP contribution in [0.4, 0.5) is 0 Å². The summed E-state index contributed by atoms with van der Waals surface area (Å²) in [4.78, 5) is 0. The summed E-state index contributed by atoms with van der Waals surface area (Å²) in [5, 5.41) is 0. The molecule has 0 unspecified atom stereocenters. The van der Waals surface area contributed by atoms with Crippen molar-refractivity contribution in [2.24, 2.45) is 0 Å². The first-order chi connectivity index (χ1) is 7.24. The third-order valence-electron chi connectivity index (χ3n) is 2.74. The number of unbranched alkanes of at least 4 members (excludes halogenated alkanes) is 3. The van der Waals surface area contributed by atoms with Gasteiger partial charge in [0, 0.05) is 0 Å². The molecule has 15 heavy (non-hydrogen) atoms. The van der Waals surface area contributed by atoms with Crippen LogP contribution in [0.3, 0.4) is 0 Å². The zero-order chi connectivity index (χ0) is 11.1. The van der Waals surface area contributed by atoms with Crippen LogP contribution in [-0.4, -0.2) is 21.1 Å². The molecule has 0 aliphatic carbocycles. The van der Waals surface area contributed by atoms with E-state index in [2.05, 4.69) is 39.0 Å². The molecule has 0 fully saturated rings. The van der Waals surface area contributed by atoms with Crippen molar-refractivity contribution in [3.05, 3.63) is 29.3 Å². The molecule has 1 aromatic rings. The molecule has 80 valence electrons. The SMILES string of the molecule is CCCCC[CH2][Sn+2][c]1cc(C)ccc1C. The molecule has 0 N–H and O–H groups in total. The van der Waals surface area contributed by atoms with E-state index in [1.807, 2.05) is 0 Å². The molecule has 1 heteroatoms. The van der Waals surface area contributed by atoms with Gasteiger partial charge in [0.05, 0.1) is 0 Å². The van der Waals surface area contributed by atoms with Crippen LogP contribution in [0.1, 0.15) is 43.7 Å². The Kier molecular flexibility index (Phi) is 6.38. The van der Waals surface area contributed by atoms with Gasteiger partial charge in [-0.25, -0.2) is 0 Å². The van der Waals surface area contributed by atoms with E-state index in [0.717, 1.165) is 0 Å². The average Bonchev–Trinajstić information content (AvgIpc) is 2.23. The normalized spacial score (nSPS) is 10.1. The molecule has 0 aliphatic heterocycles. The molecule has 0 nitrogen and oxygen atoms in total. The van der Waals surface area contributed by atoms with E-state index in [4.69, 9.17) is 0 Å². The van der Waals surface area contributed by atoms with Crippen LogP contribution in [0.2, 0.25) is 4.44 Å². The summed E-state index contributed by atoms with van der Waals surface area (Å²) in [5.41, 5.74) is 2.97. The predicted octanol–water partition coefficient (Wildman–Crippen LogP) is 3.63. The van der Waals surface area contributed by atoms with E-state index in [1.165, 1.54) is 41.2 Å². The fraction of sp³-hybridized carbons (Fsp3) is 0.571. The van der Waals surface area contributed by atoms with Crippen molar-refractivity contribution in [2.75, 3.05) is 0 Å². The minimum atomic E-state index is -0.270. The van der Waals surface area contributed by atoms with Gasteiger partial charge in [0.1, 0.15) is 0 Å². The Balaban J connectivity index is 2.33. The van der Waals surface area contributed by atoms with E-state index >= 15 is 0 Å². The molecule has 0 saturated carbocycles. The quantitative estimate of drug-likeness (QED) is 0.556. The Morgan fingerprint density at radius 1 is 1.07 bits per heavy atom. The third-order valence-corrected chi connectivity index (χ3v) is 7.09. The van der Waals surface area contributed by atoms with Crippen molar-refractivity contribution in [3.8, 4) is 0 Å². The van der Waals surface area contributed by atoms with Crippen molar-refractivity contribution in [1.29, 1.82) is 0 Å². The Labute approximate surface area is 105 Å². The zero-order valence-corrected chi connectivity index (χ0v) is 13.1. The Bertz CT molecular complexity index is 291. The molecule has 0 heterocycles. The first-order valence-corrected chi connectivity index (χ1v) is 9.49. The van der Waals surface area contributed by atoms with Gasteiger partial charge in [-0.15, -0.1) is 0 Å². The molecule has 0 radical (unpaired) electrons. The van der Waals surface area contributed by atoms with Crippen molar-refractivity contribution in [1.82, 2.24) is 0 Å². The summed E-state index contributed by atoms with van der Waals surface area (Å²) in [6.45, 7) is 6.76. The molecule has 0 bridgehead atoms. The number of hydrogen-bond acceptors (Lipinski definition) is 0. The van der Waals surface area contributed by atoms with Gasteiger partial charge in [0.2, 0.25) is 0 Å². The van der Waals surface area contributed by atoms with Crippen molar-refractivity contribution >= 4 is 24.7 Å². The van der Waals surface area contributed by atoms with Gasteiger partial charge in [-0.1, -0.05) is 0 Å². The molecule has 1 aromatic carbocycles. The fourth-order valence-corrected chi connectivity index (χ4v) is 5.66. The second-order valence-corrected chi connectivity index (χ2v) is 8.28. The van der Waals surface area contributed by atoms with Crippen LogP contribution in [0.25, 0.3) is 0 Å². The van der Waals surface area contributed by atoms with Gasteiger partial charge in [0.15, 0.2) is 0 Å². The van der Waals surface area contributed by atoms with E-state index in [1.54, 1.807) is 3.58 Å². The first kappa shape index (κ1) is 13.1. The van der Waals surface area contributed by atoms with Gasteiger partial charge < -0.3 is 0 Å². The van der Waals surface area contributed by atoms with Gasteiger partial charge in [-0.2, -0.15) is 0 Å². The third kappa shape index (κ3) is 5.05. The van der Waals surface area contributed by atoms with Crippen molar-refractivity contribution < 1.29 is 0 Å². The Hall–Kier alpha value is 0.0187. The van der Waals surface area contributed by atoms with Crippen LogP contribution in [0.15, 0.2) is 18.2 Å². The summed E-state index contributed by atoms with van der Waals surface area (Å²) in [6.07, 6.45) is 5.69. The summed E-state index contributed by atoms with van der Waals surface area (Å²) in [7, 11) is 0. The average molecular weight is 309 g/mol. The summed E-state index contributed by atoms with van der Waals surface area (Å²) in [5.74, 6) is 0. The number of hydrogen-bond donors (Lipinski definition) is 0. The topological polar surface area (TPSA) is 0 Å². The maximum absolute atomic E-state index is 2.42. The summed E-state index contributed by atoms with van der Waals surface area (Å²) in [6, 6.07) is 6.94. The molecular formula is C14H22Sn+2. The van der Waals surface area contributed by atoms with E-state index in [0.29, 0.717) is 0 Å². The van der Waals surface area contributed by atoms with Crippen molar-refractivity contribution in [3.63, 3.8) is 0 Å². The van der Waals surface area contributed by atoms with Crippen LogP contribution in [0, 0.1) is 13.8 Å². The van der Waals surface area contributed by atoms with E-state index < -0.39 is 0 Å². The zero-order valence-electron chi connectivity index (χ0n) is 10.3. The standard InChI is InChI=1S/C8H9.C6H13.Sn/c1-7-3-5-8(2)6-4-7;1-3-5-6-4-2;/h3-5H,1-2H3;1,3-6H2,2H3;/q;;+2. The number of rotatable bonds is 6. The number of benzene rings is 1. The number of aryl methyl sites for hydroxylation is 2. The molecule has 0 saturated heterocycles. The fourth-order valence-electron chi connectivity index (χ4n) is 1.70. The molecule has 0 spiro atoms. The Morgan fingerprint density at radius 3 is 2.60 bits per heavy atom. The first-order valence-electron chi connectivity index (χ1n) is 6.05. The summed E-state index contributed by atoms with van der Waals surface area (Å²) >= 11 is -0.270. The molecule has 0 aliphatic rings. The second-order valence-electron chi connectivity index (χ2n) is 4.31.